The molecule has 3 atom stereocenters. The van der Waals surface area contributed by atoms with E-state index in [1.165, 1.54) is 16.8 Å². The third-order valence-electron chi connectivity index (χ3n) is 3.51. The van der Waals surface area contributed by atoms with Gasteiger partial charge in [-0.1, -0.05) is 20.3 Å². The van der Waals surface area contributed by atoms with Crippen LogP contribution >= 0.6 is 0 Å². The fourth-order valence-electron chi connectivity index (χ4n) is 2.34. The highest BCUT2D eigenvalue weighted by molar-refractivity contribution is 5.75. The number of nitrogens with one attached hydrogen (secondary N) is 1. The molecule has 0 aliphatic carbocycles. The summed E-state index contributed by atoms with van der Waals surface area (Å²) in [4.78, 5) is 36.9. The summed E-state index contributed by atoms with van der Waals surface area (Å²) in [6.45, 7) is 4.29. The molecule has 1 aromatic heterocycles. The van der Waals surface area contributed by atoms with Gasteiger partial charge in [-0.3, -0.25) is 14.3 Å². The Balaban J connectivity index is 2.05. The lowest BCUT2D eigenvalue weighted by molar-refractivity contribution is -0.158. The number of unbranched alkanes of at least 4 members (excludes halogenated alkanes) is 1. The van der Waals surface area contributed by atoms with Gasteiger partial charge in [0.1, 0.15) is 6.23 Å². The van der Waals surface area contributed by atoms with E-state index < -0.39 is 29.6 Å². The van der Waals surface area contributed by atoms with Crippen molar-refractivity contribution < 1.29 is 14.3 Å². The molecule has 1 aromatic rings. The number of carbonyl (C=O) groups excluding carboxylic acids is 1. The smallest absolute Gasteiger partial charge is 0.335 e. The topological polar surface area (TPSA) is 90.4 Å². The molecule has 1 N–H and O–H groups in total. The molecule has 1 saturated heterocycles. The fraction of sp³-hybridized carbons (Fsp3) is 0.643. The third-order valence-corrected chi connectivity index (χ3v) is 3.51. The van der Waals surface area contributed by atoms with E-state index in [1.54, 1.807) is 0 Å². The first-order chi connectivity index (χ1) is 10.0. The zero-order valence-corrected chi connectivity index (χ0v) is 12.2. The monoisotopic (exact) mass is 296 g/mol. The molecule has 116 valence electrons. The second-order valence-corrected chi connectivity index (χ2v) is 5.27. The summed E-state index contributed by atoms with van der Waals surface area (Å²) in [5.74, 6) is -0.424. The Bertz CT molecular complexity index is 606. The number of aromatic amines is 1. The molecule has 0 spiro atoms. The van der Waals surface area contributed by atoms with Crippen LogP contribution in [0, 0.1) is 5.92 Å². The first-order valence-electron chi connectivity index (χ1n) is 7.16. The zero-order chi connectivity index (χ0) is 15.4. The van der Waals surface area contributed by atoms with Crippen LogP contribution in [0.25, 0.3) is 0 Å². The van der Waals surface area contributed by atoms with E-state index in [0.29, 0.717) is 13.0 Å². The first kappa shape index (κ1) is 15.5. The van der Waals surface area contributed by atoms with Crippen molar-refractivity contribution in [1.82, 2.24) is 9.55 Å². The number of hydrogen-bond acceptors (Lipinski definition) is 5. The predicted molar refractivity (Wildman–Crippen MR) is 74.9 cm³/mol. The number of carbonyl (C=O) groups is 1. The normalized spacial score (nSPS) is 25.0. The highest BCUT2D eigenvalue weighted by Gasteiger charge is 2.38. The summed E-state index contributed by atoms with van der Waals surface area (Å²) in [6.07, 6.45) is 2.40. The van der Waals surface area contributed by atoms with E-state index in [2.05, 4.69) is 4.98 Å². The maximum absolute atomic E-state index is 11.9. The van der Waals surface area contributed by atoms with Crippen LogP contribution in [0.5, 0.6) is 0 Å². The summed E-state index contributed by atoms with van der Waals surface area (Å²) in [5, 5.41) is 0. The van der Waals surface area contributed by atoms with Crippen molar-refractivity contribution in [3.8, 4) is 0 Å². The Hall–Kier alpha value is -1.89. The highest BCUT2D eigenvalue weighted by atomic mass is 16.6. The van der Waals surface area contributed by atoms with Gasteiger partial charge in [-0.25, -0.2) is 9.59 Å². The Labute approximate surface area is 121 Å². The number of esters is 1. The molecule has 7 nitrogen and oxygen atoms in total. The Morgan fingerprint density at radius 2 is 2.29 bits per heavy atom. The number of rotatable bonds is 5. The molecular formula is C14H20N2O5. The Kier molecular flexibility index (Phi) is 4.95. The summed E-state index contributed by atoms with van der Waals surface area (Å²) in [5.41, 5.74) is -1.00. The van der Waals surface area contributed by atoms with E-state index in [1.807, 2.05) is 13.8 Å². The molecule has 0 bridgehead atoms. The maximum atomic E-state index is 11.9. The molecule has 2 rings (SSSR count). The number of aromatic nitrogens is 2. The number of ether oxygens (including phenoxy) is 2. The Morgan fingerprint density at radius 3 is 2.95 bits per heavy atom. The van der Waals surface area contributed by atoms with E-state index in [9.17, 15) is 14.4 Å². The largest absolute Gasteiger partial charge is 0.464 e. The molecular weight excluding hydrogens is 276 g/mol. The summed E-state index contributed by atoms with van der Waals surface area (Å²) in [6, 6.07) is 1.25. The van der Waals surface area contributed by atoms with Crippen LogP contribution in [-0.2, 0) is 14.3 Å². The van der Waals surface area contributed by atoms with Gasteiger partial charge in [0, 0.05) is 18.2 Å². The van der Waals surface area contributed by atoms with Crippen molar-refractivity contribution in [2.24, 2.45) is 5.92 Å². The minimum atomic E-state index is -0.666. The molecule has 1 fully saturated rings. The van der Waals surface area contributed by atoms with Crippen molar-refractivity contribution >= 4 is 5.97 Å². The molecule has 3 unspecified atom stereocenters. The molecule has 21 heavy (non-hydrogen) atoms. The van der Waals surface area contributed by atoms with Crippen molar-refractivity contribution in [2.45, 2.75) is 45.4 Å². The molecule has 0 aromatic carbocycles. The average molecular weight is 296 g/mol. The minimum absolute atomic E-state index is 0.0303. The van der Waals surface area contributed by atoms with Crippen LogP contribution in [-0.4, -0.2) is 28.2 Å². The van der Waals surface area contributed by atoms with Gasteiger partial charge in [0.05, 0.1) is 6.61 Å². The standard InChI is InChI=1S/C14H20N2O5/c1-3-4-7-20-13(18)10-8-9(2)12(21-10)16-6-5-11(17)15-14(16)19/h5-6,9-10,12H,3-4,7-8H2,1-2H3,(H,15,17,19). The lowest BCUT2D eigenvalue weighted by Gasteiger charge is -2.17. The highest BCUT2D eigenvalue weighted by Crippen LogP contribution is 2.33. The Morgan fingerprint density at radius 1 is 1.52 bits per heavy atom. The summed E-state index contributed by atoms with van der Waals surface area (Å²) in [7, 11) is 0. The van der Waals surface area contributed by atoms with Gasteiger partial charge >= 0.3 is 11.7 Å². The van der Waals surface area contributed by atoms with Gasteiger partial charge in [0.15, 0.2) is 6.10 Å². The van der Waals surface area contributed by atoms with Crippen LogP contribution in [0.15, 0.2) is 21.9 Å². The third kappa shape index (κ3) is 3.60. The molecule has 0 saturated carbocycles. The van der Waals surface area contributed by atoms with E-state index >= 15 is 0 Å². The minimum Gasteiger partial charge on any atom is -0.464 e. The fourth-order valence-corrected chi connectivity index (χ4v) is 2.34. The van der Waals surface area contributed by atoms with Gasteiger partial charge in [-0.15, -0.1) is 0 Å². The van der Waals surface area contributed by atoms with Crippen LogP contribution < -0.4 is 11.2 Å². The molecule has 1 aliphatic rings. The van der Waals surface area contributed by atoms with Gasteiger partial charge in [0.25, 0.3) is 5.56 Å². The quantitative estimate of drug-likeness (QED) is 0.641. The molecule has 1 aliphatic heterocycles. The lowest BCUT2D eigenvalue weighted by Crippen LogP contribution is -2.33. The van der Waals surface area contributed by atoms with Gasteiger partial charge < -0.3 is 9.47 Å². The van der Waals surface area contributed by atoms with Crippen LogP contribution in [0.3, 0.4) is 0 Å². The molecule has 0 radical (unpaired) electrons. The number of nitrogens with zero attached hydrogens (tertiary/aromatic N) is 1. The lowest BCUT2D eigenvalue weighted by atomic mass is 10.1. The van der Waals surface area contributed by atoms with E-state index in [0.717, 1.165) is 12.8 Å². The zero-order valence-electron chi connectivity index (χ0n) is 12.2. The van der Waals surface area contributed by atoms with Crippen LogP contribution in [0.2, 0.25) is 0 Å². The average Bonchev–Trinajstić information content (AvgIpc) is 2.81. The van der Waals surface area contributed by atoms with E-state index in [-0.39, 0.29) is 5.92 Å². The second-order valence-electron chi connectivity index (χ2n) is 5.27. The summed E-state index contributed by atoms with van der Waals surface area (Å²) < 4.78 is 12.1. The predicted octanol–water partition coefficient (Wildman–Crippen LogP) is 0.803. The first-order valence-corrected chi connectivity index (χ1v) is 7.16. The maximum Gasteiger partial charge on any atom is 0.335 e. The van der Waals surface area contributed by atoms with Crippen molar-refractivity contribution in [3.63, 3.8) is 0 Å². The van der Waals surface area contributed by atoms with Crippen molar-refractivity contribution in [3.05, 3.63) is 33.1 Å². The van der Waals surface area contributed by atoms with Gasteiger partial charge in [-0.2, -0.15) is 0 Å². The number of hydrogen-bond donors (Lipinski definition) is 1. The van der Waals surface area contributed by atoms with Crippen LogP contribution in [0.1, 0.15) is 39.3 Å². The van der Waals surface area contributed by atoms with Crippen molar-refractivity contribution in [2.75, 3.05) is 6.61 Å². The van der Waals surface area contributed by atoms with Crippen LogP contribution in [0.4, 0.5) is 0 Å². The molecule has 7 heteroatoms. The second kappa shape index (κ2) is 6.71. The molecule has 2 heterocycles. The SMILES string of the molecule is CCCCOC(=O)C1CC(C)C(n2ccc(=O)[nH]c2=O)O1. The summed E-state index contributed by atoms with van der Waals surface area (Å²) >= 11 is 0. The van der Waals surface area contributed by atoms with Crippen molar-refractivity contribution in [1.29, 1.82) is 0 Å². The van der Waals surface area contributed by atoms with E-state index in [4.69, 9.17) is 9.47 Å². The van der Waals surface area contributed by atoms with Gasteiger partial charge in [-0.05, 0) is 12.8 Å². The van der Waals surface area contributed by atoms with Gasteiger partial charge in [0.2, 0.25) is 0 Å². The number of H-pyrrole nitrogens is 1. The molecule has 0 amide bonds.